The number of halogens is 2. The first-order valence-corrected chi connectivity index (χ1v) is 12.1. The van der Waals surface area contributed by atoms with Gasteiger partial charge in [-0.15, -0.1) is 0 Å². The maximum Gasteiger partial charge on any atom is 0.333 e. The first kappa shape index (κ1) is 25.4. The number of carbonyl (C=O) groups is 1. The van der Waals surface area contributed by atoms with E-state index < -0.39 is 34.4 Å². The molecule has 0 saturated carbocycles. The molecule has 2 aromatic carbocycles. The number of pyridine rings is 2. The Morgan fingerprint density at radius 2 is 1.68 bits per heavy atom. The molecule has 0 spiro atoms. The number of nitrogens with zero attached hydrogens (tertiary/aromatic N) is 4. The zero-order valence-corrected chi connectivity index (χ0v) is 20.9. The van der Waals surface area contributed by atoms with Crippen molar-refractivity contribution in [3.8, 4) is 28.3 Å². The number of hydrogen-bond acceptors (Lipinski definition) is 6. The molecule has 206 valence electrons. The number of H-pyrrole nitrogens is 1. The van der Waals surface area contributed by atoms with E-state index in [1.54, 1.807) is 35.2 Å². The van der Waals surface area contributed by atoms with Crippen molar-refractivity contribution in [2.24, 2.45) is 0 Å². The predicted molar refractivity (Wildman–Crippen MR) is 150 cm³/mol. The van der Waals surface area contributed by atoms with E-state index in [2.05, 4.69) is 20.4 Å². The van der Waals surface area contributed by atoms with Crippen molar-refractivity contribution in [2.75, 3.05) is 5.32 Å². The van der Waals surface area contributed by atoms with Crippen LogP contribution in [0.2, 0.25) is 0 Å². The number of anilines is 1. The number of aromatic amines is 1. The lowest BCUT2D eigenvalue weighted by Gasteiger charge is -2.12. The van der Waals surface area contributed by atoms with Crippen LogP contribution < -0.4 is 21.3 Å². The SMILES string of the molecule is O=C(Nc1ccc(Oc2cc(-c3ccncc3)cn3nccc23)c(F)c1)c1c[nH]c(=O)n(-c2ccc(F)cc2)c1=O.[HH].[HH]. The van der Waals surface area contributed by atoms with Gasteiger partial charge < -0.3 is 15.0 Å². The minimum absolute atomic E-state index is 0. The molecular weight excluding hydrogens is 534 g/mol. The van der Waals surface area contributed by atoms with Crippen LogP contribution in [0.25, 0.3) is 22.3 Å². The van der Waals surface area contributed by atoms with E-state index >= 15 is 4.39 Å². The Labute approximate surface area is 232 Å². The van der Waals surface area contributed by atoms with Crippen LogP contribution in [-0.2, 0) is 0 Å². The molecule has 6 aromatic rings. The smallest absolute Gasteiger partial charge is 0.333 e. The van der Waals surface area contributed by atoms with Gasteiger partial charge in [-0.2, -0.15) is 5.10 Å². The van der Waals surface area contributed by atoms with Crippen LogP contribution >= 0.6 is 0 Å². The maximum atomic E-state index is 15.1. The number of carbonyl (C=O) groups excluding carboxylic acids is 1. The molecule has 12 heteroatoms. The lowest BCUT2D eigenvalue weighted by Crippen LogP contribution is -2.38. The molecule has 4 aromatic heterocycles. The fourth-order valence-corrected chi connectivity index (χ4v) is 4.22. The molecular formula is C29H22F2N6O4. The Morgan fingerprint density at radius 3 is 2.44 bits per heavy atom. The molecule has 6 rings (SSSR count). The van der Waals surface area contributed by atoms with Crippen molar-refractivity contribution in [1.29, 1.82) is 0 Å². The first-order valence-electron chi connectivity index (χ1n) is 12.1. The van der Waals surface area contributed by atoms with Gasteiger partial charge in [-0.3, -0.25) is 14.6 Å². The van der Waals surface area contributed by atoms with Gasteiger partial charge >= 0.3 is 5.69 Å². The van der Waals surface area contributed by atoms with Gasteiger partial charge in [0.15, 0.2) is 17.3 Å². The Morgan fingerprint density at radius 1 is 0.902 bits per heavy atom. The lowest BCUT2D eigenvalue weighted by molar-refractivity contribution is 0.102. The molecule has 4 heterocycles. The molecule has 1 amide bonds. The summed E-state index contributed by atoms with van der Waals surface area (Å²) in [6.07, 6.45) is 7.67. The number of aromatic nitrogens is 5. The lowest BCUT2D eigenvalue weighted by atomic mass is 10.1. The molecule has 0 aliphatic heterocycles. The number of hydrogen-bond donors (Lipinski definition) is 2. The summed E-state index contributed by atoms with van der Waals surface area (Å²) >= 11 is 0. The Balaban J connectivity index is 0.00000212. The molecule has 0 unspecified atom stereocenters. The van der Waals surface area contributed by atoms with Crippen LogP contribution in [-0.4, -0.2) is 30.1 Å². The standard InChI is InChI=1S/C29H18F2N6O4.2H2/c30-19-1-4-21(5-2-19)37-28(39)22(15-33-29(37)40)27(38)35-20-3-6-25(23(31)14-20)41-26-13-18(17-7-10-32-11-8-17)16-36-24(26)9-12-34-36;;/h1-16H,(H,33,40)(H,35,38);2*1H. The highest BCUT2D eigenvalue weighted by Crippen LogP contribution is 2.33. The van der Waals surface area contributed by atoms with E-state index in [1.807, 2.05) is 18.3 Å². The number of benzene rings is 2. The summed E-state index contributed by atoms with van der Waals surface area (Å²) in [6, 6.07) is 15.5. The normalized spacial score (nSPS) is 11.0. The fourth-order valence-electron chi connectivity index (χ4n) is 4.22. The number of amides is 1. The number of nitrogens with one attached hydrogen (secondary N) is 2. The van der Waals surface area contributed by atoms with E-state index in [0.717, 1.165) is 35.5 Å². The summed E-state index contributed by atoms with van der Waals surface area (Å²) in [5.74, 6) is -1.98. The van der Waals surface area contributed by atoms with Gasteiger partial charge in [0.2, 0.25) is 0 Å². The van der Waals surface area contributed by atoms with Gasteiger partial charge in [0.25, 0.3) is 11.5 Å². The molecule has 0 aliphatic rings. The predicted octanol–water partition coefficient (Wildman–Crippen LogP) is 5.05. The van der Waals surface area contributed by atoms with Crippen LogP contribution in [0.3, 0.4) is 0 Å². The summed E-state index contributed by atoms with van der Waals surface area (Å²) in [7, 11) is 0. The third-order valence-electron chi connectivity index (χ3n) is 6.20. The molecule has 2 N–H and O–H groups in total. The van der Waals surface area contributed by atoms with E-state index in [9.17, 15) is 18.8 Å². The Kier molecular flexibility index (Phi) is 6.40. The van der Waals surface area contributed by atoms with Crippen molar-refractivity contribution in [1.82, 2.24) is 24.1 Å². The van der Waals surface area contributed by atoms with Crippen molar-refractivity contribution >= 4 is 17.1 Å². The highest BCUT2D eigenvalue weighted by atomic mass is 19.1. The molecule has 0 saturated heterocycles. The second kappa shape index (κ2) is 10.3. The Bertz CT molecular complexity index is 2050. The second-order valence-electron chi connectivity index (χ2n) is 8.82. The third-order valence-corrected chi connectivity index (χ3v) is 6.20. The van der Waals surface area contributed by atoms with E-state index in [-0.39, 0.29) is 20.0 Å². The minimum atomic E-state index is -0.933. The van der Waals surface area contributed by atoms with Crippen molar-refractivity contribution in [2.45, 2.75) is 0 Å². The molecule has 10 nitrogen and oxygen atoms in total. The zero-order valence-electron chi connectivity index (χ0n) is 20.9. The molecule has 0 radical (unpaired) electrons. The fraction of sp³-hybridized carbons (Fsp3) is 0. The molecule has 41 heavy (non-hydrogen) atoms. The van der Waals surface area contributed by atoms with Gasteiger partial charge in [-0.1, -0.05) is 0 Å². The number of rotatable bonds is 6. The van der Waals surface area contributed by atoms with Crippen LogP contribution in [0.4, 0.5) is 14.5 Å². The zero-order chi connectivity index (χ0) is 28.5. The van der Waals surface area contributed by atoms with Gasteiger partial charge in [0, 0.05) is 45.0 Å². The topological polar surface area (TPSA) is 123 Å². The van der Waals surface area contributed by atoms with Crippen molar-refractivity contribution in [3.05, 3.63) is 136 Å². The third kappa shape index (κ3) is 4.96. The van der Waals surface area contributed by atoms with Gasteiger partial charge in [0.05, 0.1) is 11.9 Å². The molecule has 0 fully saturated rings. The maximum absolute atomic E-state index is 15.1. The van der Waals surface area contributed by atoms with Crippen LogP contribution in [0.5, 0.6) is 11.5 Å². The summed E-state index contributed by atoms with van der Waals surface area (Å²) in [6.45, 7) is 0. The summed E-state index contributed by atoms with van der Waals surface area (Å²) in [5.41, 5.74) is 0.194. The average Bonchev–Trinajstić information content (AvgIpc) is 3.45. The average molecular weight is 557 g/mol. The van der Waals surface area contributed by atoms with E-state index in [1.165, 1.54) is 24.3 Å². The van der Waals surface area contributed by atoms with Gasteiger partial charge in [-0.25, -0.2) is 22.7 Å². The van der Waals surface area contributed by atoms with Crippen LogP contribution in [0, 0.1) is 11.6 Å². The van der Waals surface area contributed by atoms with Crippen LogP contribution in [0.15, 0.2) is 107 Å². The number of ether oxygens (including phenoxy) is 1. The summed E-state index contributed by atoms with van der Waals surface area (Å²) in [4.78, 5) is 44.4. The number of fused-ring (bicyclic) bond motifs is 1. The highest BCUT2D eigenvalue weighted by Gasteiger charge is 2.18. The highest BCUT2D eigenvalue weighted by molar-refractivity contribution is 6.03. The van der Waals surface area contributed by atoms with Crippen molar-refractivity contribution in [3.63, 3.8) is 0 Å². The van der Waals surface area contributed by atoms with Gasteiger partial charge in [-0.05, 0) is 66.2 Å². The molecule has 0 bridgehead atoms. The van der Waals surface area contributed by atoms with E-state index in [4.69, 9.17) is 4.74 Å². The van der Waals surface area contributed by atoms with Gasteiger partial charge in [0.1, 0.15) is 16.9 Å². The monoisotopic (exact) mass is 556 g/mol. The minimum Gasteiger partial charge on any atom is -0.452 e. The quantitative estimate of drug-likeness (QED) is 0.296. The second-order valence-corrected chi connectivity index (χ2v) is 8.82. The summed E-state index contributed by atoms with van der Waals surface area (Å²) < 4.78 is 36.7. The van der Waals surface area contributed by atoms with Crippen LogP contribution in [0.1, 0.15) is 13.2 Å². The molecule has 0 aliphatic carbocycles. The van der Waals surface area contributed by atoms with Crippen molar-refractivity contribution < 1.29 is 21.2 Å². The first-order chi connectivity index (χ1) is 19.9. The molecule has 0 atom stereocenters. The van der Waals surface area contributed by atoms with E-state index in [0.29, 0.717) is 15.8 Å². The Hall–Kier alpha value is -5.91. The largest absolute Gasteiger partial charge is 0.452 e. The summed E-state index contributed by atoms with van der Waals surface area (Å²) in [5, 5.41) is 6.71.